The molecule has 0 saturated heterocycles. The Kier molecular flexibility index (Phi) is 2.78. The smallest absolute Gasteiger partial charge is 0.180 e. The minimum atomic E-state index is 0.236. The molecule has 16 heavy (non-hydrogen) atoms. The first-order valence-corrected chi connectivity index (χ1v) is 5.36. The van der Waals surface area contributed by atoms with Crippen molar-refractivity contribution in [3.63, 3.8) is 0 Å². The summed E-state index contributed by atoms with van der Waals surface area (Å²) in [4.78, 5) is 4.78. The predicted molar refractivity (Wildman–Crippen MR) is 66.9 cm³/mol. The van der Waals surface area contributed by atoms with E-state index in [-0.39, 0.29) is 6.61 Å². The van der Waals surface area contributed by atoms with Crippen molar-refractivity contribution in [3.05, 3.63) is 29.7 Å². The first-order chi connectivity index (χ1) is 7.59. The summed E-state index contributed by atoms with van der Waals surface area (Å²) >= 11 is 4.77. The normalized spacial score (nSPS) is 10.6. The molecule has 4 nitrogen and oxygen atoms in total. The predicted octanol–water partition coefficient (Wildman–Crippen LogP) is 1.62. The van der Waals surface area contributed by atoms with Crippen LogP contribution in [0.3, 0.4) is 0 Å². The third-order valence-electron chi connectivity index (χ3n) is 2.46. The number of rotatable bonds is 3. The number of nitrogens with zero attached hydrogens (tertiary/aromatic N) is 2. The maximum atomic E-state index is 5.50. The van der Waals surface area contributed by atoms with Gasteiger partial charge in [0.1, 0.15) is 11.6 Å². The number of imidazole rings is 1. The largest absolute Gasteiger partial charge is 0.483 e. The van der Waals surface area contributed by atoms with Gasteiger partial charge in [0.15, 0.2) is 11.4 Å². The molecule has 0 aliphatic carbocycles. The highest BCUT2D eigenvalue weighted by Gasteiger charge is 2.09. The molecule has 0 unspecified atom stereocenters. The molecule has 2 aromatic rings. The van der Waals surface area contributed by atoms with Crippen molar-refractivity contribution in [2.45, 2.75) is 13.8 Å². The lowest BCUT2D eigenvalue weighted by atomic mass is 10.4. The van der Waals surface area contributed by atoms with Crippen molar-refractivity contribution in [1.29, 1.82) is 0 Å². The maximum absolute atomic E-state index is 5.50. The number of nitrogens with two attached hydrogens (primary N) is 1. The van der Waals surface area contributed by atoms with E-state index in [0.29, 0.717) is 10.7 Å². The zero-order valence-corrected chi connectivity index (χ0v) is 10.0. The van der Waals surface area contributed by atoms with E-state index in [9.17, 15) is 0 Å². The Hall–Kier alpha value is -1.62. The molecule has 0 bridgehead atoms. The zero-order chi connectivity index (χ0) is 11.7. The number of pyridine rings is 1. The summed E-state index contributed by atoms with van der Waals surface area (Å²) in [6.07, 6.45) is 1.96. The highest BCUT2D eigenvalue weighted by atomic mass is 32.1. The molecule has 0 spiro atoms. The van der Waals surface area contributed by atoms with Crippen LogP contribution in [0.25, 0.3) is 5.65 Å². The molecule has 84 valence electrons. The van der Waals surface area contributed by atoms with Gasteiger partial charge in [-0.05, 0) is 26.0 Å². The fraction of sp³-hybridized carbons (Fsp3) is 0.273. The molecular formula is C11H13N3OS. The van der Waals surface area contributed by atoms with E-state index in [1.807, 2.05) is 36.6 Å². The summed E-state index contributed by atoms with van der Waals surface area (Å²) in [6, 6.07) is 3.77. The second-order valence-electron chi connectivity index (χ2n) is 3.60. The Labute approximate surface area is 99.0 Å². The minimum Gasteiger partial charge on any atom is -0.483 e. The molecular weight excluding hydrogens is 222 g/mol. The highest BCUT2D eigenvalue weighted by molar-refractivity contribution is 7.80. The van der Waals surface area contributed by atoms with Crippen molar-refractivity contribution in [2.75, 3.05) is 6.61 Å². The maximum Gasteiger partial charge on any atom is 0.180 e. The number of hydrogen-bond donors (Lipinski definition) is 1. The average molecular weight is 235 g/mol. The second-order valence-corrected chi connectivity index (χ2v) is 4.13. The Morgan fingerprint density at radius 2 is 2.31 bits per heavy atom. The van der Waals surface area contributed by atoms with Crippen LogP contribution in [0.15, 0.2) is 18.3 Å². The Bertz CT molecular complexity index is 547. The van der Waals surface area contributed by atoms with E-state index in [1.54, 1.807) is 0 Å². The molecule has 0 amide bonds. The van der Waals surface area contributed by atoms with E-state index in [4.69, 9.17) is 22.7 Å². The van der Waals surface area contributed by atoms with Gasteiger partial charge < -0.3 is 14.9 Å². The van der Waals surface area contributed by atoms with Crippen LogP contribution < -0.4 is 10.5 Å². The molecule has 0 aliphatic heterocycles. The second kappa shape index (κ2) is 4.09. The van der Waals surface area contributed by atoms with Crippen LogP contribution in [0, 0.1) is 13.8 Å². The SMILES string of the molecule is Cc1nc2c(OCC(N)=S)cccn2c1C. The quantitative estimate of drug-likeness (QED) is 0.821. The van der Waals surface area contributed by atoms with Gasteiger partial charge in [0.25, 0.3) is 0 Å². The lowest BCUT2D eigenvalue weighted by molar-refractivity contribution is 0.379. The summed E-state index contributed by atoms with van der Waals surface area (Å²) in [7, 11) is 0. The molecule has 0 fully saturated rings. The molecule has 2 heterocycles. The van der Waals surface area contributed by atoms with Crippen molar-refractivity contribution in [1.82, 2.24) is 9.38 Å². The van der Waals surface area contributed by atoms with Crippen LogP contribution in [0.5, 0.6) is 5.75 Å². The summed E-state index contributed by atoms with van der Waals surface area (Å²) in [6.45, 7) is 4.23. The van der Waals surface area contributed by atoms with Crippen LogP contribution >= 0.6 is 12.2 Å². The molecule has 0 aliphatic rings. The van der Waals surface area contributed by atoms with Gasteiger partial charge in [-0.1, -0.05) is 12.2 Å². The summed E-state index contributed by atoms with van der Waals surface area (Å²) in [5.74, 6) is 0.700. The van der Waals surface area contributed by atoms with E-state index >= 15 is 0 Å². The van der Waals surface area contributed by atoms with Gasteiger partial charge in [0, 0.05) is 11.9 Å². The fourth-order valence-electron chi connectivity index (χ4n) is 1.54. The van der Waals surface area contributed by atoms with E-state index < -0.39 is 0 Å². The first-order valence-electron chi connectivity index (χ1n) is 4.95. The van der Waals surface area contributed by atoms with Crippen LogP contribution in [-0.4, -0.2) is 21.0 Å². The van der Waals surface area contributed by atoms with Crippen molar-refractivity contribution < 1.29 is 4.74 Å². The van der Waals surface area contributed by atoms with Gasteiger partial charge in [0.05, 0.1) is 5.69 Å². The molecule has 0 saturated carbocycles. The molecule has 5 heteroatoms. The van der Waals surface area contributed by atoms with Gasteiger partial charge in [-0.25, -0.2) is 4.98 Å². The monoisotopic (exact) mass is 235 g/mol. The third kappa shape index (κ3) is 1.86. The average Bonchev–Trinajstić information content (AvgIpc) is 2.53. The van der Waals surface area contributed by atoms with Crippen LogP contribution in [0.2, 0.25) is 0 Å². The van der Waals surface area contributed by atoms with Crippen molar-refractivity contribution in [2.24, 2.45) is 5.73 Å². The highest BCUT2D eigenvalue weighted by Crippen LogP contribution is 2.21. The van der Waals surface area contributed by atoms with E-state index in [2.05, 4.69) is 4.98 Å². The molecule has 0 atom stereocenters. The van der Waals surface area contributed by atoms with E-state index in [1.165, 1.54) is 0 Å². The Balaban J connectivity index is 2.45. The number of aryl methyl sites for hydroxylation is 2. The van der Waals surface area contributed by atoms with E-state index in [0.717, 1.165) is 17.0 Å². The van der Waals surface area contributed by atoms with Gasteiger partial charge in [-0.15, -0.1) is 0 Å². The van der Waals surface area contributed by atoms with Crippen molar-refractivity contribution >= 4 is 22.9 Å². The number of thiocarbonyl (C=S) groups is 1. The summed E-state index contributed by atoms with van der Waals surface area (Å²) < 4.78 is 7.49. The standard InChI is InChI=1S/C11H13N3OS/c1-7-8(2)14-5-3-4-9(11(14)13-7)15-6-10(12)16/h3-5H,6H2,1-2H3,(H2,12,16). The number of ether oxygens (including phenoxy) is 1. The lowest BCUT2D eigenvalue weighted by Crippen LogP contribution is -2.18. The Morgan fingerprint density at radius 3 is 3.00 bits per heavy atom. The van der Waals surface area contributed by atoms with Crippen LogP contribution in [0.1, 0.15) is 11.4 Å². The van der Waals surface area contributed by atoms with Gasteiger partial charge in [-0.2, -0.15) is 0 Å². The van der Waals surface area contributed by atoms with Crippen LogP contribution in [-0.2, 0) is 0 Å². The third-order valence-corrected chi connectivity index (χ3v) is 2.58. The van der Waals surface area contributed by atoms with Gasteiger partial charge >= 0.3 is 0 Å². The number of fused-ring (bicyclic) bond motifs is 1. The topological polar surface area (TPSA) is 52.5 Å². The molecule has 0 aromatic carbocycles. The molecule has 2 aromatic heterocycles. The fourth-order valence-corrected chi connectivity index (χ4v) is 1.59. The molecule has 2 N–H and O–H groups in total. The lowest BCUT2D eigenvalue weighted by Gasteiger charge is -2.06. The van der Waals surface area contributed by atoms with Crippen molar-refractivity contribution in [3.8, 4) is 5.75 Å². The molecule has 2 rings (SSSR count). The Morgan fingerprint density at radius 1 is 1.56 bits per heavy atom. The minimum absolute atomic E-state index is 0.236. The van der Waals surface area contributed by atoms with Gasteiger partial charge in [0.2, 0.25) is 0 Å². The number of hydrogen-bond acceptors (Lipinski definition) is 3. The first kappa shape index (κ1) is 10.9. The van der Waals surface area contributed by atoms with Crippen LogP contribution in [0.4, 0.5) is 0 Å². The number of aromatic nitrogens is 2. The summed E-state index contributed by atoms with van der Waals surface area (Å²) in [5, 5.41) is 0. The molecule has 0 radical (unpaired) electrons. The van der Waals surface area contributed by atoms with Gasteiger partial charge in [-0.3, -0.25) is 0 Å². The zero-order valence-electron chi connectivity index (χ0n) is 9.23. The summed E-state index contributed by atoms with van der Waals surface area (Å²) in [5.41, 5.74) is 8.30.